The Balaban J connectivity index is 2.21. The fraction of sp³-hybridized carbons (Fsp3) is 0.357. The zero-order valence-electron chi connectivity index (χ0n) is 11.4. The van der Waals surface area contributed by atoms with Crippen LogP contribution >= 0.6 is 0 Å². The van der Waals surface area contributed by atoms with Crippen LogP contribution in [0.15, 0.2) is 36.5 Å². The minimum atomic E-state index is -2.94. The maximum atomic E-state index is 11.2. The lowest BCUT2D eigenvalue weighted by molar-refractivity contribution is 0.500. The second-order valence-electron chi connectivity index (χ2n) is 4.91. The monoisotopic (exact) mass is 293 g/mol. The number of nitrogens with two attached hydrogens (primary N) is 1. The van der Waals surface area contributed by atoms with E-state index < -0.39 is 9.84 Å². The van der Waals surface area contributed by atoms with E-state index in [1.165, 1.54) is 6.26 Å². The first-order chi connectivity index (χ1) is 9.51. The van der Waals surface area contributed by atoms with E-state index in [1.54, 1.807) is 6.20 Å². The van der Waals surface area contributed by atoms with E-state index in [9.17, 15) is 8.42 Å². The molecule has 2 rings (SSSR count). The number of hydrazine groups is 1. The van der Waals surface area contributed by atoms with Crippen LogP contribution in [0.3, 0.4) is 0 Å². The molecular formula is C14H19N3O2S. The summed E-state index contributed by atoms with van der Waals surface area (Å²) in [6, 6.07) is 9.74. The minimum Gasteiger partial charge on any atom is -0.271 e. The van der Waals surface area contributed by atoms with Gasteiger partial charge in [-0.25, -0.2) is 8.42 Å². The van der Waals surface area contributed by atoms with Crippen molar-refractivity contribution in [3.63, 3.8) is 0 Å². The molecule has 108 valence electrons. The van der Waals surface area contributed by atoms with Crippen molar-refractivity contribution in [1.29, 1.82) is 0 Å². The van der Waals surface area contributed by atoms with E-state index in [4.69, 9.17) is 5.84 Å². The molecule has 0 saturated heterocycles. The lowest BCUT2D eigenvalue weighted by Crippen LogP contribution is -2.29. The van der Waals surface area contributed by atoms with Crippen molar-refractivity contribution < 1.29 is 8.42 Å². The van der Waals surface area contributed by atoms with E-state index in [0.717, 1.165) is 16.5 Å². The highest BCUT2D eigenvalue weighted by atomic mass is 32.2. The lowest BCUT2D eigenvalue weighted by atomic mass is 10.0. The van der Waals surface area contributed by atoms with Gasteiger partial charge in [0.2, 0.25) is 0 Å². The Labute approximate surface area is 119 Å². The second kappa shape index (κ2) is 6.30. The molecule has 0 radical (unpaired) electrons. The quantitative estimate of drug-likeness (QED) is 0.623. The van der Waals surface area contributed by atoms with Crippen LogP contribution in [0.5, 0.6) is 0 Å². The van der Waals surface area contributed by atoms with Gasteiger partial charge in [-0.3, -0.25) is 16.3 Å². The summed E-state index contributed by atoms with van der Waals surface area (Å²) in [5.41, 5.74) is 3.60. The smallest absolute Gasteiger partial charge is 0.147 e. The van der Waals surface area contributed by atoms with Crippen molar-refractivity contribution in [2.75, 3.05) is 12.0 Å². The van der Waals surface area contributed by atoms with Crippen molar-refractivity contribution in [3.05, 3.63) is 42.2 Å². The lowest BCUT2D eigenvalue weighted by Gasteiger charge is -2.17. The normalized spacial score (nSPS) is 13.5. The van der Waals surface area contributed by atoms with E-state index in [1.807, 2.05) is 30.3 Å². The van der Waals surface area contributed by atoms with Crippen LogP contribution < -0.4 is 11.3 Å². The number of benzene rings is 1. The molecule has 0 aliphatic heterocycles. The highest BCUT2D eigenvalue weighted by molar-refractivity contribution is 7.90. The SMILES string of the molecule is CS(=O)(=O)CCCC(NN)c1nccc2ccccc12. The number of sulfone groups is 1. The molecule has 1 unspecified atom stereocenters. The molecule has 0 aliphatic carbocycles. The van der Waals surface area contributed by atoms with Gasteiger partial charge in [0.1, 0.15) is 9.84 Å². The third kappa shape index (κ3) is 3.75. The zero-order valence-corrected chi connectivity index (χ0v) is 12.2. The summed E-state index contributed by atoms with van der Waals surface area (Å²) in [5, 5.41) is 2.14. The molecule has 2 aromatic rings. The van der Waals surface area contributed by atoms with Gasteiger partial charge in [0.15, 0.2) is 0 Å². The number of rotatable bonds is 6. The predicted molar refractivity (Wildman–Crippen MR) is 80.8 cm³/mol. The number of fused-ring (bicyclic) bond motifs is 1. The molecule has 5 nitrogen and oxygen atoms in total. The van der Waals surface area contributed by atoms with Crippen LogP contribution in [0.4, 0.5) is 0 Å². The molecule has 0 aliphatic rings. The second-order valence-corrected chi connectivity index (χ2v) is 7.17. The number of pyridine rings is 1. The summed E-state index contributed by atoms with van der Waals surface area (Å²) in [7, 11) is -2.94. The van der Waals surface area contributed by atoms with Gasteiger partial charge in [-0.1, -0.05) is 24.3 Å². The maximum absolute atomic E-state index is 11.2. The Morgan fingerprint density at radius 3 is 2.75 bits per heavy atom. The molecule has 3 N–H and O–H groups in total. The van der Waals surface area contributed by atoms with Gasteiger partial charge < -0.3 is 0 Å². The average Bonchev–Trinajstić information content (AvgIpc) is 2.42. The van der Waals surface area contributed by atoms with Crippen LogP contribution in [0, 0.1) is 0 Å². The number of hydrogen-bond acceptors (Lipinski definition) is 5. The summed E-state index contributed by atoms with van der Waals surface area (Å²) < 4.78 is 22.4. The summed E-state index contributed by atoms with van der Waals surface area (Å²) in [6.07, 6.45) is 4.18. The summed E-state index contributed by atoms with van der Waals surface area (Å²) in [5.74, 6) is 5.77. The molecule has 0 fully saturated rings. The van der Waals surface area contributed by atoms with Crippen LogP contribution in [0.1, 0.15) is 24.6 Å². The van der Waals surface area contributed by atoms with Crippen LogP contribution in [0.25, 0.3) is 10.8 Å². The Morgan fingerprint density at radius 1 is 1.30 bits per heavy atom. The van der Waals surface area contributed by atoms with E-state index in [-0.39, 0.29) is 11.8 Å². The molecule has 1 aromatic heterocycles. The highest BCUT2D eigenvalue weighted by Crippen LogP contribution is 2.24. The molecule has 0 saturated carbocycles. The Kier molecular flexibility index (Phi) is 4.69. The van der Waals surface area contributed by atoms with Gasteiger partial charge >= 0.3 is 0 Å². The zero-order chi connectivity index (χ0) is 14.6. The van der Waals surface area contributed by atoms with Crippen molar-refractivity contribution in [2.45, 2.75) is 18.9 Å². The predicted octanol–water partition coefficient (Wildman–Crippen LogP) is 1.56. The van der Waals surface area contributed by atoms with Gasteiger partial charge in [-0.15, -0.1) is 0 Å². The van der Waals surface area contributed by atoms with E-state index >= 15 is 0 Å². The molecule has 0 bridgehead atoms. The van der Waals surface area contributed by atoms with Gasteiger partial charge in [-0.05, 0) is 24.3 Å². The molecule has 1 aromatic carbocycles. The fourth-order valence-corrected chi connectivity index (χ4v) is 2.96. The molecule has 0 amide bonds. The molecule has 20 heavy (non-hydrogen) atoms. The molecule has 6 heteroatoms. The average molecular weight is 293 g/mol. The molecular weight excluding hydrogens is 274 g/mol. The van der Waals surface area contributed by atoms with Crippen LogP contribution in [-0.4, -0.2) is 25.4 Å². The van der Waals surface area contributed by atoms with Crippen LogP contribution in [0.2, 0.25) is 0 Å². The summed E-state index contributed by atoms with van der Waals surface area (Å²) in [4.78, 5) is 4.40. The Hall–Kier alpha value is -1.50. The first kappa shape index (κ1) is 14.9. The Bertz CT molecular complexity index is 680. The minimum absolute atomic E-state index is 0.150. The molecule has 1 atom stereocenters. The van der Waals surface area contributed by atoms with Crippen molar-refractivity contribution in [3.8, 4) is 0 Å². The van der Waals surface area contributed by atoms with Gasteiger partial charge in [-0.2, -0.15) is 0 Å². The summed E-state index contributed by atoms with van der Waals surface area (Å²) >= 11 is 0. The van der Waals surface area contributed by atoms with E-state index in [0.29, 0.717) is 12.8 Å². The van der Waals surface area contributed by atoms with Crippen molar-refractivity contribution in [1.82, 2.24) is 10.4 Å². The van der Waals surface area contributed by atoms with Gasteiger partial charge in [0.25, 0.3) is 0 Å². The third-order valence-corrected chi connectivity index (χ3v) is 4.27. The highest BCUT2D eigenvalue weighted by Gasteiger charge is 2.15. The topological polar surface area (TPSA) is 85.1 Å². The number of hydrogen-bond donors (Lipinski definition) is 2. The van der Waals surface area contributed by atoms with Gasteiger partial charge in [0, 0.05) is 23.6 Å². The fourth-order valence-electron chi connectivity index (χ4n) is 2.27. The summed E-state index contributed by atoms with van der Waals surface area (Å²) in [6.45, 7) is 0. The third-order valence-electron chi connectivity index (χ3n) is 3.24. The largest absolute Gasteiger partial charge is 0.271 e. The van der Waals surface area contributed by atoms with Crippen molar-refractivity contribution in [2.24, 2.45) is 5.84 Å². The maximum Gasteiger partial charge on any atom is 0.147 e. The number of nitrogens with one attached hydrogen (secondary N) is 1. The number of nitrogens with zero attached hydrogens (tertiary/aromatic N) is 1. The molecule has 0 spiro atoms. The number of aromatic nitrogens is 1. The Morgan fingerprint density at radius 2 is 2.05 bits per heavy atom. The first-order valence-electron chi connectivity index (χ1n) is 6.49. The van der Waals surface area contributed by atoms with E-state index in [2.05, 4.69) is 10.4 Å². The van der Waals surface area contributed by atoms with Gasteiger partial charge in [0.05, 0.1) is 11.7 Å². The van der Waals surface area contributed by atoms with Crippen molar-refractivity contribution >= 4 is 20.6 Å². The molecule has 1 heterocycles. The van der Waals surface area contributed by atoms with Crippen LogP contribution in [-0.2, 0) is 9.84 Å². The first-order valence-corrected chi connectivity index (χ1v) is 8.55. The standard InChI is InChI=1S/C14H19N3O2S/c1-20(18,19)10-4-7-13(17-15)14-12-6-3-2-5-11(12)8-9-16-14/h2-3,5-6,8-9,13,17H,4,7,10,15H2,1H3.